The van der Waals surface area contributed by atoms with Gasteiger partial charge in [-0.05, 0) is 0 Å². The van der Waals surface area contributed by atoms with Gasteiger partial charge in [0.25, 0.3) is 0 Å². The maximum atomic E-state index is 2.99. The monoisotopic (exact) mass is 158 g/mol. The molecular weight excluding hydrogens is 149 g/mol. The first kappa shape index (κ1) is 9.96. The van der Waals surface area contributed by atoms with Crippen molar-refractivity contribution >= 4 is 0 Å². The minimum Gasteiger partial charge on any atom is -0.501 e. The van der Waals surface area contributed by atoms with Gasteiger partial charge in [0, 0.05) is 32.7 Å². The Balaban J connectivity index is 0. The van der Waals surface area contributed by atoms with Crippen molar-refractivity contribution in [1.82, 2.24) is 0 Å². The van der Waals surface area contributed by atoms with Crippen LogP contribution in [0.5, 0.6) is 0 Å². The van der Waals surface area contributed by atoms with Crippen LogP contribution in [-0.4, -0.2) is 0 Å². The van der Waals surface area contributed by atoms with Crippen LogP contribution in [0.25, 0.3) is 0 Å². The van der Waals surface area contributed by atoms with E-state index in [4.69, 9.17) is 0 Å². The van der Waals surface area contributed by atoms with Crippen molar-refractivity contribution in [2.24, 2.45) is 0 Å². The van der Waals surface area contributed by atoms with E-state index in [2.05, 4.69) is 13.0 Å². The molecule has 0 unspecified atom stereocenters. The number of rotatable bonds is 1. The van der Waals surface area contributed by atoms with Crippen LogP contribution in [0.2, 0.25) is 0 Å². The molecule has 1 heteroatoms. The second-order valence-electron chi connectivity index (χ2n) is 0.846. The first-order valence-corrected chi connectivity index (χ1v) is 1.93. The molecular formula is C5H9Y-. The molecule has 6 heavy (non-hydrogen) atoms. The summed E-state index contributed by atoms with van der Waals surface area (Å²) in [6, 6.07) is 0. The first-order valence-electron chi connectivity index (χ1n) is 1.93. The summed E-state index contributed by atoms with van der Waals surface area (Å²) in [7, 11) is 0. The Morgan fingerprint density at radius 2 is 2.17 bits per heavy atom. The Morgan fingerprint density at radius 1 is 1.67 bits per heavy atom. The molecule has 0 atom stereocenters. The SMILES string of the molecule is CC=[C-]CC.[Y]. The fourth-order valence-corrected chi connectivity index (χ4v) is 0.204. The van der Waals surface area contributed by atoms with Gasteiger partial charge in [0.05, 0.1) is 0 Å². The van der Waals surface area contributed by atoms with Crippen LogP contribution < -0.4 is 0 Å². The molecule has 0 aromatic carbocycles. The van der Waals surface area contributed by atoms with Crippen molar-refractivity contribution in [2.45, 2.75) is 20.3 Å². The van der Waals surface area contributed by atoms with Crippen LogP contribution in [0.1, 0.15) is 20.3 Å². The number of hydrogen-bond acceptors (Lipinski definition) is 0. The van der Waals surface area contributed by atoms with Crippen LogP contribution in [-0.2, 0) is 32.7 Å². The van der Waals surface area contributed by atoms with Gasteiger partial charge >= 0.3 is 0 Å². The Morgan fingerprint density at radius 3 is 2.17 bits per heavy atom. The van der Waals surface area contributed by atoms with E-state index in [1.54, 1.807) is 0 Å². The molecule has 0 rings (SSSR count). The van der Waals surface area contributed by atoms with Crippen LogP contribution in [0, 0.1) is 6.08 Å². The summed E-state index contributed by atoms with van der Waals surface area (Å²) in [5, 5.41) is 0. The van der Waals surface area contributed by atoms with E-state index in [0.717, 1.165) is 6.42 Å². The predicted octanol–water partition coefficient (Wildman–Crippen LogP) is 1.77. The quantitative estimate of drug-likeness (QED) is 0.510. The normalized spacial score (nSPS) is 8.33. The van der Waals surface area contributed by atoms with E-state index < -0.39 is 0 Å². The average molecular weight is 158 g/mol. The van der Waals surface area contributed by atoms with Crippen molar-refractivity contribution in [3.8, 4) is 0 Å². The maximum absolute atomic E-state index is 2.99. The van der Waals surface area contributed by atoms with Crippen molar-refractivity contribution in [2.75, 3.05) is 0 Å². The molecule has 0 heterocycles. The van der Waals surface area contributed by atoms with Gasteiger partial charge in [-0.3, -0.25) is 6.08 Å². The minimum atomic E-state index is 0. The van der Waals surface area contributed by atoms with Crippen LogP contribution in [0.15, 0.2) is 6.08 Å². The molecule has 0 aromatic rings. The zero-order valence-electron chi connectivity index (χ0n) is 4.36. The summed E-state index contributed by atoms with van der Waals surface area (Å²) in [5.74, 6) is 0. The van der Waals surface area contributed by atoms with Crippen molar-refractivity contribution in [3.63, 3.8) is 0 Å². The van der Waals surface area contributed by atoms with Crippen molar-refractivity contribution in [1.29, 1.82) is 0 Å². The summed E-state index contributed by atoms with van der Waals surface area (Å²) in [5.41, 5.74) is 0. The smallest absolute Gasteiger partial charge is 0 e. The van der Waals surface area contributed by atoms with E-state index >= 15 is 0 Å². The van der Waals surface area contributed by atoms with Gasteiger partial charge in [0.15, 0.2) is 0 Å². The molecule has 0 N–H and O–H groups in total. The molecule has 0 amide bonds. The molecule has 0 aliphatic carbocycles. The molecule has 0 spiro atoms. The first-order chi connectivity index (χ1) is 2.41. The molecule has 0 saturated carbocycles. The minimum absolute atomic E-state index is 0. The maximum Gasteiger partial charge on any atom is 0 e. The van der Waals surface area contributed by atoms with Gasteiger partial charge in [-0.15, -0.1) is 0 Å². The summed E-state index contributed by atoms with van der Waals surface area (Å²) in [6.07, 6.45) is 5.95. The standard InChI is InChI=1S/C5H9.Y/c1-3-5-4-2;/h3H,4H2,1-2H3;/q-1;. The molecule has 0 aromatic heterocycles. The van der Waals surface area contributed by atoms with E-state index in [1.165, 1.54) is 0 Å². The molecule has 1 radical (unpaired) electrons. The van der Waals surface area contributed by atoms with E-state index in [-0.39, 0.29) is 32.7 Å². The zero-order valence-corrected chi connectivity index (χ0v) is 7.20. The third-order valence-electron chi connectivity index (χ3n) is 0.408. The third kappa shape index (κ3) is 8.85. The molecule has 0 aliphatic heterocycles. The topological polar surface area (TPSA) is 0 Å². The molecule has 0 bridgehead atoms. The molecule has 0 fully saturated rings. The van der Waals surface area contributed by atoms with Crippen molar-refractivity contribution in [3.05, 3.63) is 12.2 Å². The molecule has 0 nitrogen and oxygen atoms in total. The van der Waals surface area contributed by atoms with Gasteiger partial charge in [-0.2, -0.15) is 6.42 Å². The fraction of sp³-hybridized carbons (Fsp3) is 0.600. The second kappa shape index (κ2) is 9.28. The number of hydrogen-bond donors (Lipinski definition) is 0. The molecule has 33 valence electrons. The van der Waals surface area contributed by atoms with Gasteiger partial charge in [-0.25, -0.2) is 0 Å². The van der Waals surface area contributed by atoms with Gasteiger partial charge in [0.1, 0.15) is 0 Å². The Bertz CT molecular complexity index is 30.9. The molecule has 0 saturated heterocycles. The van der Waals surface area contributed by atoms with E-state index in [9.17, 15) is 0 Å². The predicted molar refractivity (Wildman–Crippen MR) is 23.8 cm³/mol. The van der Waals surface area contributed by atoms with Crippen molar-refractivity contribution < 1.29 is 32.7 Å². The molecule has 0 aliphatic rings. The summed E-state index contributed by atoms with van der Waals surface area (Å²) in [6.45, 7) is 4.05. The Labute approximate surface area is 64.9 Å². The average Bonchev–Trinajstić information content (AvgIpc) is 1.41. The second-order valence-corrected chi connectivity index (χ2v) is 0.846. The van der Waals surface area contributed by atoms with Gasteiger partial charge < -0.3 is 6.08 Å². The third-order valence-corrected chi connectivity index (χ3v) is 0.408. The number of allylic oxidation sites excluding steroid dienone is 2. The van der Waals surface area contributed by atoms with Crippen LogP contribution in [0.3, 0.4) is 0 Å². The Kier molecular flexibility index (Phi) is 15.4. The van der Waals surface area contributed by atoms with Gasteiger partial charge in [-0.1, -0.05) is 13.8 Å². The van der Waals surface area contributed by atoms with Gasteiger partial charge in [0.2, 0.25) is 0 Å². The Hall–Kier alpha value is 0.844. The summed E-state index contributed by atoms with van der Waals surface area (Å²) >= 11 is 0. The van der Waals surface area contributed by atoms with E-state index in [0.29, 0.717) is 0 Å². The van der Waals surface area contributed by atoms with Crippen LogP contribution in [0.4, 0.5) is 0 Å². The summed E-state index contributed by atoms with van der Waals surface area (Å²) in [4.78, 5) is 0. The largest absolute Gasteiger partial charge is 0.501 e. The van der Waals surface area contributed by atoms with E-state index in [1.807, 2.05) is 13.0 Å². The van der Waals surface area contributed by atoms with Crippen LogP contribution >= 0.6 is 0 Å². The zero-order chi connectivity index (χ0) is 4.12. The summed E-state index contributed by atoms with van der Waals surface area (Å²) < 4.78 is 0. The fourth-order valence-electron chi connectivity index (χ4n) is 0.204.